The van der Waals surface area contributed by atoms with Crippen molar-refractivity contribution >= 4 is 39.3 Å². The van der Waals surface area contributed by atoms with E-state index in [-0.39, 0.29) is 18.4 Å². The molecule has 3 saturated heterocycles. The first kappa shape index (κ1) is 31.8. The number of likely N-dealkylation sites (tertiary alicyclic amines) is 2. The first-order valence-corrected chi connectivity index (χ1v) is 16.7. The molecule has 0 bridgehead atoms. The van der Waals surface area contributed by atoms with Crippen molar-refractivity contribution in [2.45, 2.75) is 33.6 Å². The van der Waals surface area contributed by atoms with Crippen molar-refractivity contribution in [2.75, 3.05) is 71.4 Å². The van der Waals surface area contributed by atoms with Gasteiger partial charge in [-0.15, -0.1) is 0 Å². The lowest BCUT2D eigenvalue weighted by atomic mass is 10.0. The molecule has 0 aliphatic carbocycles. The molecule has 0 radical (unpaired) electrons. The highest BCUT2D eigenvalue weighted by molar-refractivity contribution is 7.86. The Labute approximate surface area is 260 Å². The molecule has 1 aromatic carbocycles. The molecule has 0 saturated carbocycles. The maximum absolute atomic E-state index is 13.8. The molecule has 3 fully saturated rings. The second-order valence-corrected chi connectivity index (χ2v) is 14.9. The first-order valence-electron chi connectivity index (χ1n) is 14.9. The Hall–Kier alpha value is -2.64. The number of halogens is 1. The molecule has 3 unspecified atom stereocenters. The van der Waals surface area contributed by atoms with Crippen molar-refractivity contribution in [3.63, 3.8) is 0 Å². The Bertz CT molecular complexity index is 1450. The van der Waals surface area contributed by atoms with Gasteiger partial charge in [0.15, 0.2) is 0 Å². The van der Waals surface area contributed by atoms with Crippen LogP contribution in [0.3, 0.4) is 0 Å². The molecule has 13 heteroatoms. The van der Waals surface area contributed by atoms with E-state index < -0.39 is 16.1 Å². The smallest absolute Gasteiger partial charge is 0.281 e. The summed E-state index contributed by atoms with van der Waals surface area (Å²) in [6.45, 7) is 10.8. The second-order valence-electron chi connectivity index (χ2n) is 12.3. The van der Waals surface area contributed by atoms with Crippen molar-refractivity contribution in [3.05, 3.63) is 52.1 Å². The van der Waals surface area contributed by atoms with Crippen LogP contribution in [0.25, 0.3) is 0 Å². The van der Waals surface area contributed by atoms with Crippen LogP contribution in [0.5, 0.6) is 0 Å². The maximum Gasteiger partial charge on any atom is 0.281 e. The average molecular weight is 632 g/mol. The van der Waals surface area contributed by atoms with Gasteiger partial charge in [-0.25, -0.2) is 9.97 Å². The maximum atomic E-state index is 13.8. The Kier molecular flexibility index (Phi) is 9.43. The SMILES string of the molecule is Cc1ccc(N(CCCN2CC3CN(C(=O)c4c(C)ncnc4C)CC3C2)C(=O)C2CCN(S(=O)(=O)N(C)C)C2)cc1Cl. The fourth-order valence-electron chi connectivity index (χ4n) is 6.66. The lowest BCUT2D eigenvalue weighted by Crippen LogP contribution is -2.42. The summed E-state index contributed by atoms with van der Waals surface area (Å²) in [4.78, 5) is 41.7. The summed E-state index contributed by atoms with van der Waals surface area (Å²) in [5, 5.41) is 0.595. The lowest BCUT2D eigenvalue weighted by molar-refractivity contribution is -0.121. The van der Waals surface area contributed by atoms with Gasteiger partial charge in [0.05, 0.1) is 22.9 Å². The standard InChI is InChI=1S/C30H42ClN7O4S/c1-20-7-8-26(13-27(20)31)38(29(39)23-9-12-37(18-23)43(41,42)34(4)5)11-6-10-35-14-24-16-36(17-25(24)15-35)30(40)28-21(2)32-19-33-22(28)3/h7-8,13,19,23-25H,6,9-12,14-18H2,1-5H3. The fourth-order valence-corrected chi connectivity index (χ4v) is 8.00. The lowest BCUT2D eigenvalue weighted by Gasteiger charge is -2.28. The summed E-state index contributed by atoms with van der Waals surface area (Å²) in [6, 6.07) is 5.65. The zero-order chi connectivity index (χ0) is 31.1. The highest BCUT2D eigenvalue weighted by Crippen LogP contribution is 2.33. The first-order chi connectivity index (χ1) is 20.4. The molecule has 11 nitrogen and oxygen atoms in total. The van der Waals surface area contributed by atoms with Gasteiger partial charge in [-0.1, -0.05) is 17.7 Å². The number of aryl methyl sites for hydroxylation is 3. The number of fused-ring (bicyclic) bond motifs is 1. The predicted octanol–water partition coefficient (Wildman–Crippen LogP) is 2.61. The number of benzene rings is 1. The van der Waals surface area contributed by atoms with Gasteiger partial charge >= 0.3 is 0 Å². The van der Waals surface area contributed by atoms with Crippen molar-refractivity contribution in [2.24, 2.45) is 17.8 Å². The zero-order valence-corrected chi connectivity index (χ0v) is 27.2. The van der Waals surface area contributed by atoms with Crippen LogP contribution in [0.1, 0.15) is 40.2 Å². The highest BCUT2D eigenvalue weighted by atomic mass is 35.5. The van der Waals surface area contributed by atoms with Gasteiger partial charge < -0.3 is 14.7 Å². The van der Waals surface area contributed by atoms with E-state index in [0.717, 1.165) is 61.8 Å². The summed E-state index contributed by atoms with van der Waals surface area (Å²) in [7, 11) is -0.559. The van der Waals surface area contributed by atoms with E-state index in [4.69, 9.17) is 11.6 Å². The van der Waals surface area contributed by atoms with Crippen LogP contribution in [-0.2, 0) is 15.0 Å². The second kappa shape index (κ2) is 12.8. The third-order valence-corrected chi connectivity index (χ3v) is 11.5. The van der Waals surface area contributed by atoms with E-state index in [1.54, 1.807) is 4.90 Å². The van der Waals surface area contributed by atoms with Crippen molar-refractivity contribution < 1.29 is 18.0 Å². The Balaban J connectivity index is 1.19. The third-order valence-electron chi connectivity index (χ3n) is 9.17. The topological polar surface area (TPSA) is 110 Å². The number of amides is 2. The van der Waals surface area contributed by atoms with Gasteiger partial charge in [0.1, 0.15) is 6.33 Å². The van der Waals surface area contributed by atoms with Crippen LogP contribution in [0.15, 0.2) is 24.5 Å². The molecule has 0 N–H and O–H groups in total. The van der Waals surface area contributed by atoms with Crippen LogP contribution >= 0.6 is 11.6 Å². The van der Waals surface area contributed by atoms with Crippen LogP contribution in [0, 0.1) is 38.5 Å². The minimum Gasteiger partial charge on any atom is -0.338 e. The van der Waals surface area contributed by atoms with E-state index in [1.165, 1.54) is 29.0 Å². The van der Waals surface area contributed by atoms with Crippen LogP contribution in [0.4, 0.5) is 5.69 Å². The molecule has 0 spiro atoms. The molecule has 3 atom stereocenters. The fraction of sp³-hybridized carbons (Fsp3) is 0.600. The Morgan fingerprint density at radius 1 is 1.00 bits per heavy atom. The molecule has 3 aliphatic heterocycles. The summed E-state index contributed by atoms with van der Waals surface area (Å²) in [5.41, 5.74) is 3.72. The van der Waals surface area contributed by atoms with Gasteiger partial charge in [0.25, 0.3) is 16.1 Å². The normalized spacial score (nSPS) is 22.9. The van der Waals surface area contributed by atoms with Crippen molar-refractivity contribution in [3.8, 4) is 0 Å². The van der Waals surface area contributed by atoms with Crippen LogP contribution in [-0.4, -0.2) is 115 Å². The highest BCUT2D eigenvalue weighted by Gasteiger charge is 2.42. The van der Waals surface area contributed by atoms with E-state index in [9.17, 15) is 18.0 Å². The van der Waals surface area contributed by atoms with Crippen LogP contribution in [0.2, 0.25) is 5.02 Å². The molecule has 2 amide bonds. The summed E-state index contributed by atoms with van der Waals surface area (Å²) < 4.78 is 27.9. The Morgan fingerprint density at radius 2 is 1.65 bits per heavy atom. The van der Waals surface area contributed by atoms with E-state index in [1.807, 2.05) is 43.9 Å². The van der Waals surface area contributed by atoms with Gasteiger partial charge in [-0.05, 0) is 69.7 Å². The zero-order valence-electron chi connectivity index (χ0n) is 25.7. The molecule has 5 rings (SSSR count). The third kappa shape index (κ3) is 6.58. The molecule has 43 heavy (non-hydrogen) atoms. The Morgan fingerprint density at radius 3 is 2.26 bits per heavy atom. The van der Waals surface area contributed by atoms with E-state index in [2.05, 4.69) is 14.9 Å². The molecule has 2 aromatic rings. The quantitative estimate of drug-likeness (QED) is 0.418. The van der Waals surface area contributed by atoms with Gasteiger partial charge in [0.2, 0.25) is 5.91 Å². The predicted molar refractivity (Wildman–Crippen MR) is 166 cm³/mol. The number of carbonyl (C=O) groups excluding carboxylic acids is 2. The van der Waals surface area contributed by atoms with Crippen molar-refractivity contribution in [1.29, 1.82) is 0 Å². The average Bonchev–Trinajstić information content (AvgIpc) is 3.68. The molecule has 1 aromatic heterocycles. The number of anilines is 1. The monoisotopic (exact) mass is 631 g/mol. The number of hydrogen-bond acceptors (Lipinski definition) is 7. The van der Waals surface area contributed by atoms with Crippen LogP contribution < -0.4 is 4.90 Å². The van der Waals surface area contributed by atoms with Gasteiger partial charge in [-0.3, -0.25) is 9.59 Å². The summed E-state index contributed by atoms with van der Waals surface area (Å²) in [5.74, 6) is 0.384. The van der Waals surface area contributed by atoms with Gasteiger partial charge in [0, 0.05) is 70.6 Å². The van der Waals surface area contributed by atoms with Crippen molar-refractivity contribution in [1.82, 2.24) is 28.4 Å². The number of nitrogens with zero attached hydrogens (tertiary/aromatic N) is 7. The largest absolute Gasteiger partial charge is 0.338 e. The molecular formula is C30H42ClN7O4S. The van der Waals surface area contributed by atoms with E-state index in [0.29, 0.717) is 41.9 Å². The summed E-state index contributed by atoms with van der Waals surface area (Å²) >= 11 is 6.45. The van der Waals surface area contributed by atoms with E-state index >= 15 is 0 Å². The molecule has 4 heterocycles. The minimum absolute atomic E-state index is 0.0197. The molecular weight excluding hydrogens is 590 g/mol. The molecule has 3 aliphatic rings. The number of aromatic nitrogens is 2. The minimum atomic E-state index is -3.57. The number of carbonyl (C=O) groups is 2. The molecule has 234 valence electrons. The van der Waals surface area contributed by atoms with Gasteiger partial charge in [-0.2, -0.15) is 17.0 Å². The number of hydrogen-bond donors (Lipinski definition) is 0. The number of rotatable bonds is 9. The summed E-state index contributed by atoms with van der Waals surface area (Å²) in [6.07, 6.45) is 2.75.